The van der Waals surface area contributed by atoms with Crippen molar-refractivity contribution in [3.8, 4) is 16.9 Å². The number of aromatic nitrogens is 3. The van der Waals surface area contributed by atoms with Gasteiger partial charge in [-0.2, -0.15) is 5.10 Å². The van der Waals surface area contributed by atoms with Gasteiger partial charge in [0.25, 0.3) is 11.8 Å². The lowest BCUT2D eigenvalue weighted by molar-refractivity contribution is 0.0992. The van der Waals surface area contributed by atoms with Crippen molar-refractivity contribution in [3.63, 3.8) is 0 Å². The van der Waals surface area contributed by atoms with Gasteiger partial charge in [0.15, 0.2) is 5.69 Å². The van der Waals surface area contributed by atoms with Crippen LogP contribution in [0.25, 0.3) is 16.9 Å². The normalized spacial score (nSPS) is 10.7. The van der Waals surface area contributed by atoms with Crippen molar-refractivity contribution < 1.29 is 9.59 Å². The molecular formula is C22H16Cl2N6O2. The topological polar surface area (TPSA) is 129 Å². The van der Waals surface area contributed by atoms with Gasteiger partial charge in [-0.15, -0.1) is 0 Å². The van der Waals surface area contributed by atoms with E-state index in [-0.39, 0.29) is 27.9 Å². The third kappa shape index (κ3) is 4.27. The SMILES string of the molecule is NC(=O)c1cc(NC(=O)c2cc(-c3nc(N)ccc3Cl)ccc2Cl)n(-c2ccccc2)n1. The first-order chi connectivity index (χ1) is 15.3. The van der Waals surface area contributed by atoms with E-state index in [2.05, 4.69) is 15.4 Å². The maximum Gasteiger partial charge on any atom is 0.269 e. The summed E-state index contributed by atoms with van der Waals surface area (Å²) in [5.41, 5.74) is 12.9. The van der Waals surface area contributed by atoms with Crippen molar-refractivity contribution >= 4 is 46.7 Å². The molecule has 0 saturated carbocycles. The van der Waals surface area contributed by atoms with Crippen molar-refractivity contribution in [2.24, 2.45) is 5.73 Å². The van der Waals surface area contributed by atoms with Crippen molar-refractivity contribution in [2.45, 2.75) is 0 Å². The minimum atomic E-state index is -0.724. The lowest BCUT2D eigenvalue weighted by Gasteiger charge is -2.11. The number of halogens is 2. The van der Waals surface area contributed by atoms with E-state index in [0.29, 0.717) is 22.0 Å². The summed E-state index contributed by atoms with van der Waals surface area (Å²) in [5, 5.41) is 7.52. The molecule has 0 aliphatic rings. The first-order valence-electron chi connectivity index (χ1n) is 9.32. The smallest absolute Gasteiger partial charge is 0.269 e. The minimum Gasteiger partial charge on any atom is -0.384 e. The lowest BCUT2D eigenvalue weighted by Crippen LogP contribution is -2.16. The number of pyridine rings is 1. The Bertz CT molecular complexity index is 1340. The van der Waals surface area contributed by atoms with Crippen LogP contribution < -0.4 is 16.8 Å². The van der Waals surface area contributed by atoms with Crippen LogP contribution in [0.3, 0.4) is 0 Å². The van der Waals surface area contributed by atoms with E-state index < -0.39 is 11.8 Å². The number of hydrogen-bond donors (Lipinski definition) is 3. The van der Waals surface area contributed by atoms with Gasteiger partial charge in [0.2, 0.25) is 0 Å². The fraction of sp³-hybridized carbons (Fsp3) is 0. The molecule has 0 atom stereocenters. The molecule has 2 amide bonds. The Morgan fingerprint density at radius 1 is 0.938 bits per heavy atom. The Morgan fingerprint density at radius 3 is 2.38 bits per heavy atom. The quantitative estimate of drug-likeness (QED) is 0.406. The van der Waals surface area contributed by atoms with E-state index in [1.54, 1.807) is 54.6 Å². The van der Waals surface area contributed by atoms with E-state index >= 15 is 0 Å². The molecule has 32 heavy (non-hydrogen) atoms. The van der Waals surface area contributed by atoms with Crippen LogP contribution in [0, 0.1) is 0 Å². The minimum absolute atomic E-state index is 0.000238. The Balaban J connectivity index is 1.72. The number of nitrogens with two attached hydrogens (primary N) is 2. The standard InChI is InChI=1S/C22H16Cl2N6O2/c23-15-7-6-12(20-16(24)8-9-18(25)27-20)10-14(15)22(32)28-19-11-17(21(26)31)29-30(19)13-4-2-1-3-5-13/h1-11H,(H2,25,27)(H2,26,31)(H,28,32). The highest BCUT2D eigenvalue weighted by Gasteiger charge is 2.19. The number of anilines is 2. The number of benzene rings is 2. The number of para-hydroxylation sites is 1. The molecule has 0 spiro atoms. The van der Waals surface area contributed by atoms with Gasteiger partial charge in [0.1, 0.15) is 11.6 Å². The van der Waals surface area contributed by atoms with E-state index in [1.165, 1.54) is 10.7 Å². The van der Waals surface area contributed by atoms with Crippen LogP contribution in [0.1, 0.15) is 20.8 Å². The number of carbonyl (C=O) groups excluding carboxylic acids is 2. The van der Waals surface area contributed by atoms with E-state index in [4.69, 9.17) is 34.7 Å². The highest BCUT2D eigenvalue weighted by Crippen LogP contribution is 2.30. The van der Waals surface area contributed by atoms with Gasteiger partial charge >= 0.3 is 0 Å². The molecule has 8 nitrogen and oxygen atoms in total. The molecular weight excluding hydrogens is 451 g/mol. The molecule has 0 aliphatic carbocycles. The van der Waals surface area contributed by atoms with Gasteiger partial charge in [0, 0.05) is 11.6 Å². The average molecular weight is 467 g/mol. The van der Waals surface area contributed by atoms with Crippen LogP contribution in [0.5, 0.6) is 0 Å². The van der Waals surface area contributed by atoms with E-state index in [9.17, 15) is 9.59 Å². The summed E-state index contributed by atoms with van der Waals surface area (Å²) < 4.78 is 1.41. The van der Waals surface area contributed by atoms with Gasteiger partial charge in [0.05, 0.1) is 27.0 Å². The zero-order valence-electron chi connectivity index (χ0n) is 16.4. The van der Waals surface area contributed by atoms with Gasteiger partial charge in [-0.25, -0.2) is 9.67 Å². The first-order valence-corrected chi connectivity index (χ1v) is 10.1. The zero-order chi connectivity index (χ0) is 22.8. The van der Waals surface area contributed by atoms with E-state index in [0.717, 1.165) is 0 Å². The number of rotatable bonds is 5. The van der Waals surface area contributed by atoms with Gasteiger partial charge < -0.3 is 16.8 Å². The van der Waals surface area contributed by atoms with Crippen molar-refractivity contribution in [1.29, 1.82) is 0 Å². The Labute approximate surface area is 192 Å². The second-order valence-corrected chi connectivity index (χ2v) is 7.56. The average Bonchev–Trinajstić information content (AvgIpc) is 3.20. The summed E-state index contributed by atoms with van der Waals surface area (Å²) in [4.78, 5) is 29.0. The summed E-state index contributed by atoms with van der Waals surface area (Å²) in [6.45, 7) is 0. The molecule has 4 rings (SSSR count). The molecule has 0 unspecified atom stereocenters. The third-order valence-electron chi connectivity index (χ3n) is 4.56. The first kappa shape index (κ1) is 21.4. The second-order valence-electron chi connectivity index (χ2n) is 6.74. The maximum absolute atomic E-state index is 13.1. The second kappa shape index (κ2) is 8.70. The van der Waals surface area contributed by atoms with E-state index in [1.807, 2.05) is 6.07 Å². The largest absolute Gasteiger partial charge is 0.384 e. The molecule has 0 saturated heterocycles. The summed E-state index contributed by atoms with van der Waals surface area (Å²) in [5.74, 6) is -0.713. The Kier molecular flexibility index (Phi) is 5.81. The summed E-state index contributed by atoms with van der Waals surface area (Å²) in [6, 6.07) is 18.4. The van der Waals surface area contributed by atoms with Gasteiger partial charge in [-0.05, 0) is 36.4 Å². The molecule has 2 aromatic carbocycles. The lowest BCUT2D eigenvalue weighted by atomic mass is 10.1. The molecule has 10 heteroatoms. The number of amides is 2. The monoisotopic (exact) mass is 466 g/mol. The van der Waals surface area contributed by atoms with Crippen molar-refractivity contribution in [1.82, 2.24) is 14.8 Å². The molecule has 0 bridgehead atoms. The van der Waals surface area contributed by atoms with Crippen LogP contribution in [-0.4, -0.2) is 26.6 Å². The summed E-state index contributed by atoms with van der Waals surface area (Å²) in [7, 11) is 0. The van der Waals surface area contributed by atoms with Gasteiger partial charge in [-0.3, -0.25) is 9.59 Å². The number of hydrogen-bond acceptors (Lipinski definition) is 5. The summed E-state index contributed by atoms with van der Waals surface area (Å²) in [6.07, 6.45) is 0. The number of nitrogen functional groups attached to an aromatic ring is 1. The fourth-order valence-electron chi connectivity index (χ4n) is 3.05. The Hall–Kier alpha value is -3.88. The molecule has 5 N–H and O–H groups in total. The van der Waals surface area contributed by atoms with Crippen molar-refractivity contribution in [2.75, 3.05) is 11.1 Å². The highest BCUT2D eigenvalue weighted by atomic mass is 35.5. The molecule has 0 radical (unpaired) electrons. The maximum atomic E-state index is 13.1. The molecule has 2 heterocycles. The molecule has 160 valence electrons. The molecule has 0 aliphatic heterocycles. The fourth-order valence-corrected chi connectivity index (χ4v) is 3.46. The third-order valence-corrected chi connectivity index (χ3v) is 5.19. The van der Waals surface area contributed by atoms with Crippen LogP contribution >= 0.6 is 23.2 Å². The number of carbonyl (C=O) groups is 2. The molecule has 4 aromatic rings. The number of nitrogens with one attached hydrogen (secondary N) is 1. The predicted octanol–water partition coefficient (Wildman–Crippen LogP) is 4.17. The van der Waals surface area contributed by atoms with Crippen LogP contribution in [0.2, 0.25) is 10.0 Å². The van der Waals surface area contributed by atoms with Gasteiger partial charge in [-0.1, -0.05) is 47.5 Å². The molecule has 0 fully saturated rings. The number of primary amides is 1. The van der Waals surface area contributed by atoms with Crippen molar-refractivity contribution in [3.05, 3.63) is 88.0 Å². The number of nitrogens with zero attached hydrogens (tertiary/aromatic N) is 3. The predicted molar refractivity (Wildman–Crippen MR) is 124 cm³/mol. The highest BCUT2D eigenvalue weighted by molar-refractivity contribution is 6.35. The van der Waals surface area contributed by atoms with Crippen LogP contribution in [0.15, 0.2) is 66.7 Å². The van der Waals surface area contributed by atoms with Crippen LogP contribution in [-0.2, 0) is 0 Å². The molecule has 2 aromatic heterocycles. The summed E-state index contributed by atoms with van der Waals surface area (Å²) >= 11 is 12.5. The van der Waals surface area contributed by atoms with Crippen LogP contribution in [0.4, 0.5) is 11.6 Å². The Morgan fingerprint density at radius 2 is 1.66 bits per heavy atom. The zero-order valence-corrected chi connectivity index (χ0v) is 17.9.